The van der Waals surface area contributed by atoms with E-state index in [1.807, 2.05) is 55.5 Å². The Bertz CT molecular complexity index is 858. The highest BCUT2D eigenvalue weighted by Gasteiger charge is 2.30. The molecular formula is C24H31N3O3. The summed E-state index contributed by atoms with van der Waals surface area (Å²) in [6.07, 6.45) is 2.43. The molecule has 1 fully saturated rings. The van der Waals surface area contributed by atoms with E-state index >= 15 is 0 Å². The van der Waals surface area contributed by atoms with E-state index in [4.69, 9.17) is 4.74 Å². The number of nitrogens with one attached hydrogen (secondary N) is 2. The Hall–Kier alpha value is -2.86. The van der Waals surface area contributed by atoms with E-state index in [1.54, 1.807) is 7.11 Å². The molecule has 1 aliphatic heterocycles. The number of amides is 2. The molecule has 1 heterocycles. The summed E-state index contributed by atoms with van der Waals surface area (Å²) in [5.41, 5.74) is 2.75. The number of benzene rings is 2. The highest BCUT2D eigenvalue weighted by Crippen LogP contribution is 2.26. The van der Waals surface area contributed by atoms with Gasteiger partial charge in [-0.25, -0.2) is 0 Å². The van der Waals surface area contributed by atoms with Crippen molar-refractivity contribution in [2.75, 3.05) is 30.8 Å². The predicted octanol–water partition coefficient (Wildman–Crippen LogP) is 3.94. The molecule has 0 spiro atoms. The molecule has 1 atom stereocenters. The van der Waals surface area contributed by atoms with Gasteiger partial charge in [-0.05, 0) is 69.1 Å². The molecule has 1 saturated heterocycles. The molecular weight excluding hydrogens is 378 g/mol. The van der Waals surface area contributed by atoms with Crippen molar-refractivity contribution in [2.24, 2.45) is 5.92 Å². The Morgan fingerprint density at radius 1 is 1.07 bits per heavy atom. The van der Waals surface area contributed by atoms with Crippen LogP contribution in [0.4, 0.5) is 11.4 Å². The van der Waals surface area contributed by atoms with Crippen LogP contribution in [0, 0.1) is 5.92 Å². The Morgan fingerprint density at radius 3 is 2.37 bits per heavy atom. The molecule has 2 aromatic rings. The van der Waals surface area contributed by atoms with Gasteiger partial charge in [-0.2, -0.15) is 0 Å². The minimum absolute atomic E-state index is 0.00673. The summed E-state index contributed by atoms with van der Waals surface area (Å²) >= 11 is 0. The second-order valence-electron chi connectivity index (χ2n) is 7.72. The van der Waals surface area contributed by atoms with E-state index < -0.39 is 0 Å². The molecule has 0 radical (unpaired) electrons. The van der Waals surface area contributed by atoms with Gasteiger partial charge in [0.15, 0.2) is 0 Å². The number of methoxy groups -OCH3 is 1. The van der Waals surface area contributed by atoms with Crippen molar-refractivity contribution in [1.29, 1.82) is 0 Å². The van der Waals surface area contributed by atoms with Gasteiger partial charge in [-0.1, -0.05) is 31.2 Å². The Morgan fingerprint density at radius 2 is 1.73 bits per heavy atom. The third-order valence-corrected chi connectivity index (χ3v) is 5.82. The van der Waals surface area contributed by atoms with Crippen molar-refractivity contribution >= 4 is 23.2 Å². The van der Waals surface area contributed by atoms with Crippen molar-refractivity contribution in [3.05, 3.63) is 54.1 Å². The molecule has 2 N–H and O–H groups in total. The molecule has 1 aliphatic rings. The molecule has 6 heteroatoms. The zero-order valence-corrected chi connectivity index (χ0v) is 18.0. The molecule has 0 bridgehead atoms. The first-order valence-electron chi connectivity index (χ1n) is 10.6. The first kappa shape index (κ1) is 21.8. The number of anilines is 2. The zero-order valence-electron chi connectivity index (χ0n) is 18.0. The fourth-order valence-corrected chi connectivity index (χ4v) is 3.77. The predicted molar refractivity (Wildman–Crippen MR) is 120 cm³/mol. The Labute approximate surface area is 178 Å². The lowest BCUT2D eigenvalue weighted by Gasteiger charge is -2.34. The van der Waals surface area contributed by atoms with Gasteiger partial charge >= 0.3 is 0 Å². The fourth-order valence-electron chi connectivity index (χ4n) is 3.77. The SMILES string of the molecule is CCc1ccc(NC(=O)C(C)N2CCC(C(=O)Nc3ccccc3OC)CC2)cc1. The number of ether oxygens (including phenoxy) is 1. The largest absolute Gasteiger partial charge is 0.495 e. The van der Waals surface area contributed by atoms with Crippen LogP contribution in [0.2, 0.25) is 0 Å². The summed E-state index contributed by atoms with van der Waals surface area (Å²) in [6.45, 7) is 5.46. The molecule has 1 unspecified atom stereocenters. The van der Waals surface area contributed by atoms with E-state index in [9.17, 15) is 9.59 Å². The van der Waals surface area contributed by atoms with E-state index in [2.05, 4.69) is 22.5 Å². The first-order chi connectivity index (χ1) is 14.5. The second-order valence-corrected chi connectivity index (χ2v) is 7.72. The van der Waals surface area contributed by atoms with Crippen LogP contribution in [-0.4, -0.2) is 43.0 Å². The number of carbonyl (C=O) groups is 2. The van der Waals surface area contributed by atoms with Crippen LogP contribution in [0.1, 0.15) is 32.3 Å². The summed E-state index contributed by atoms with van der Waals surface area (Å²) in [7, 11) is 1.59. The number of hydrogen-bond donors (Lipinski definition) is 2. The molecule has 0 aliphatic carbocycles. The summed E-state index contributed by atoms with van der Waals surface area (Å²) in [4.78, 5) is 27.5. The van der Waals surface area contributed by atoms with E-state index in [1.165, 1.54) is 5.56 Å². The molecule has 6 nitrogen and oxygen atoms in total. The maximum atomic E-state index is 12.7. The van der Waals surface area contributed by atoms with Crippen LogP contribution in [-0.2, 0) is 16.0 Å². The average Bonchev–Trinajstić information content (AvgIpc) is 2.79. The minimum atomic E-state index is -0.242. The summed E-state index contributed by atoms with van der Waals surface area (Å²) in [5.74, 6) is 0.576. The number of hydrogen-bond acceptors (Lipinski definition) is 4. The van der Waals surface area contributed by atoms with E-state index in [-0.39, 0.29) is 23.8 Å². The molecule has 0 aromatic heterocycles. The number of carbonyl (C=O) groups excluding carboxylic acids is 2. The minimum Gasteiger partial charge on any atom is -0.495 e. The number of aryl methyl sites for hydroxylation is 1. The van der Waals surface area contributed by atoms with Gasteiger partial charge in [0.2, 0.25) is 11.8 Å². The summed E-state index contributed by atoms with van der Waals surface area (Å²) < 4.78 is 5.30. The lowest BCUT2D eigenvalue weighted by molar-refractivity contribution is -0.123. The molecule has 3 rings (SSSR count). The van der Waals surface area contributed by atoms with Crippen molar-refractivity contribution in [2.45, 2.75) is 39.2 Å². The zero-order chi connectivity index (χ0) is 21.5. The van der Waals surface area contributed by atoms with Crippen molar-refractivity contribution in [3.63, 3.8) is 0 Å². The van der Waals surface area contributed by atoms with Crippen LogP contribution in [0.15, 0.2) is 48.5 Å². The maximum absolute atomic E-state index is 12.7. The average molecular weight is 410 g/mol. The van der Waals surface area contributed by atoms with Gasteiger partial charge in [-0.3, -0.25) is 14.5 Å². The number of rotatable bonds is 7. The lowest BCUT2D eigenvalue weighted by atomic mass is 9.94. The Kier molecular flexibility index (Phi) is 7.46. The number of nitrogens with zero attached hydrogens (tertiary/aromatic N) is 1. The van der Waals surface area contributed by atoms with Crippen molar-refractivity contribution in [1.82, 2.24) is 4.90 Å². The maximum Gasteiger partial charge on any atom is 0.241 e. The number of likely N-dealkylation sites (tertiary alicyclic amines) is 1. The third-order valence-electron chi connectivity index (χ3n) is 5.82. The van der Waals surface area contributed by atoms with E-state index in [0.717, 1.165) is 24.9 Å². The van der Waals surface area contributed by atoms with Gasteiger partial charge < -0.3 is 15.4 Å². The standard InChI is InChI=1S/C24H31N3O3/c1-4-18-9-11-20(12-10-18)25-23(28)17(2)27-15-13-19(14-16-27)24(29)26-21-7-5-6-8-22(21)30-3/h5-12,17,19H,4,13-16H2,1-3H3,(H,25,28)(H,26,29). The van der Waals surface area contributed by atoms with Gasteiger partial charge in [0.05, 0.1) is 18.8 Å². The van der Waals surface area contributed by atoms with Crippen LogP contribution in [0.3, 0.4) is 0 Å². The normalized spacial score (nSPS) is 16.0. The molecule has 2 aromatic carbocycles. The Balaban J connectivity index is 1.50. The molecule has 0 saturated carbocycles. The van der Waals surface area contributed by atoms with Gasteiger partial charge in [-0.15, -0.1) is 0 Å². The number of para-hydroxylation sites is 2. The second kappa shape index (κ2) is 10.3. The van der Waals surface area contributed by atoms with Crippen LogP contribution < -0.4 is 15.4 Å². The van der Waals surface area contributed by atoms with Gasteiger partial charge in [0.1, 0.15) is 5.75 Å². The molecule has 2 amide bonds. The van der Waals surface area contributed by atoms with Gasteiger partial charge in [0, 0.05) is 11.6 Å². The smallest absolute Gasteiger partial charge is 0.241 e. The lowest BCUT2D eigenvalue weighted by Crippen LogP contribution is -2.47. The quantitative estimate of drug-likeness (QED) is 0.727. The highest BCUT2D eigenvalue weighted by molar-refractivity contribution is 5.95. The highest BCUT2D eigenvalue weighted by atomic mass is 16.5. The monoisotopic (exact) mass is 409 g/mol. The van der Waals surface area contributed by atoms with Crippen LogP contribution in [0.5, 0.6) is 5.75 Å². The summed E-state index contributed by atoms with van der Waals surface area (Å²) in [6, 6.07) is 15.1. The molecule has 30 heavy (non-hydrogen) atoms. The third kappa shape index (κ3) is 5.39. The number of piperidine rings is 1. The summed E-state index contributed by atoms with van der Waals surface area (Å²) in [5, 5.41) is 5.97. The topological polar surface area (TPSA) is 70.7 Å². The van der Waals surface area contributed by atoms with E-state index in [0.29, 0.717) is 24.5 Å². The first-order valence-corrected chi connectivity index (χ1v) is 10.6. The van der Waals surface area contributed by atoms with Crippen molar-refractivity contribution < 1.29 is 14.3 Å². The molecule has 160 valence electrons. The van der Waals surface area contributed by atoms with Crippen LogP contribution in [0.25, 0.3) is 0 Å². The van der Waals surface area contributed by atoms with Crippen molar-refractivity contribution in [3.8, 4) is 5.75 Å². The fraction of sp³-hybridized carbons (Fsp3) is 0.417. The van der Waals surface area contributed by atoms with Gasteiger partial charge in [0.25, 0.3) is 0 Å². The van der Waals surface area contributed by atoms with Crippen LogP contribution >= 0.6 is 0 Å².